The molecule has 1 rings (SSSR count). The van der Waals surface area contributed by atoms with Crippen molar-refractivity contribution in [2.75, 3.05) is 51.6 Å². The minimum atomic E-state index is -4.50. The fraction of sp³-hybridized carbons (Fsp3) is 0.923. The summed E-state index contributed by atoms with van der Waals surface area (Å²) < 4.78 is 64.6. The lowest BCUT2D eigenvalue weighted by Gasteiger charge is -2.35. The van der Waals surface area contributed by atoms with Gasteiger partial charge in [0.2, 0.25) is 15.9 Å². The van der Waals surface area contributed by atoms with Crippen LogP contribution in [0.15, 0.2) is 0 Å². The topological polar surface area (TPSA) is 81.8 Å². The van der Waals surface area contributed by atoms with Gasteiger partial charge in [-0.25, -0.2) is 12.7 Å². The van der Waals surface area contributed by atoms with Gasteiger partial charge in [0.05, 0.1) is 0 Å². The van der Waals surface area contributed by atoms with Crippen molar-refractivity contribution >= 4 is 28.3 Å². The summed E-state index contributed by atoms with van der Waals surface area (Å²) in [6.07, 6.45) is -4.50. The number of rotatable bonds is 8. The van der Waals surface area contributed by atoms with Crippen molar-refractivity contribution in [3.63, 3.8) is 0 Å². The van der Waals surface area contributed by atoms with Crippen molar-refractivity contribution < 1.29 is 26.4 Å². The second-order valence-corrected chi connectivity index (χ2v) is 7.46. The molecule has 0 radical (unpaired) electrons. The van der Waals surface area contributed by atoms with Crippen LogP contribution in [0.2, 0.25) is 0 Å². The number of carbonyl (C=O) groups excluding carboxylic acids is 1. The number of sulfonamides is 1. The predicted octanol–water partition coefficient (Wildman–Crippen LogP) is 0.0321. The lowest BCUT2D eigenvalue weighted by molar-refractivity contribution is -0.183. The Morgan fingerprint density at radius 2 is 1.76 bits per heavy atom. The highest BCUT2D eigenvalue weighted by Gasteiger charge is 2.44. The highest BCUT2D eigenvalue weighted by molar-refractivity contribution is 7.89. The molecule has 150 valence electrons. The number of carbonyl (C=O) groups is 1. The van der Waals surface area contributed by atoms with Gasteiger partial charge in [-0.15, -0.1) is 12.4 Å². The van der Waals surface area contributed by atoms with Crippen molar-refractivity contribution in [3.05, 3.63) is 0 Å². The quantitative estimate of drug-likeness (QED) is 0.590. The molecule has 12 heteroatoms. The SMILES string of the molecule is CCN(CC)S(=O)(=O)CC(=O)NCC(N1CCNCC1)C(F)(F)F.Cl. The van der Waals surface area contributed by atoms with Crippen molar-refractivity contribution in [1.82, 2.24) is 19.8 Å². The van der Waals surface area contributed by atoms with E-state index >= 15 is 0 Å². The lowest BCUT2D eigenvalue weighted by atomic mass is 10.2. The monoisotopic (exact) mass is 410 g/mol. The molecule has 2 N–H and O–H groups in total. The highest BCUT2D eigenvalue weighted by Crippen LogP contribution is 2.24. The van der Waals surface area contributed by atoms with E-state index in [1.165, 1.54) is 4.90 Å². The molecule has 7 nitrogen and oxygen atoms in total. The Bertz CT molecular complexity index is 509. The van der Waals surface area contributed by atoms with Gasteiger partial charge in [0, 0.05) is 45.8 Å². The zero-order valence-electron chi connectivity index (χ0n) is 14.3. The van der Waals surface area contributed by atoms with E-state index in [0.717, 1.165) is 4.31 Å². The fourth-order valence-corrected chi connectivity index (χ4v) is 3.98. The van der Waals surface area contributed by atoms with Gasteiger partial charge in [-0.05, 0) is 0 Å². The number of nitrogens with zero attached hydrogens (tertiary/aromatic N) is 2. The van der Waals surface area contributed by atoms with Gasteiger partial charge in [0.25, 0.3) is 0 Å². The second kappa shape index (κ2) is 10.5. The van der Waals surface area contributed by atoms with Gasteiger partial charge >= 0.3 is 6.18 Å². The van der Waals surface area contributed by atoms with Gasteiger partial charge in [0.1, 0.15) is 11.8 Å². The molecule has 1 amide bonds. The molecular weight excluding hydrogens is 385 g/mol. The number of nitrogens with one attached hydrogen (secondary N) is 2. The van der Waals surface area contributed by atoms with E-state index in [-0.39, 0.29) is 38.6 Å². The Balaban J connectivity index is 0.00000576. The average Bonchev–Trinajstić information content (AvgIpc) is 2.47. The van der Waals surface area contributed by atoms with Crippen molar-refractivity contribution in [2.45, 2.75) is 26.1 Å². The minimum Gasteiger partial charge on any atom is -0.353 e. The molecule has 0 aliphatic carbocycles. The number of halogens is 4. The van der Waals surface area contributed by atoms with Crippen molar-refractivity contribution in [1.29, 1.82) is 0 Å². The standard InChI is InChI=1S/C13H25F3N4O3S.ClH/c1-3-20(4-2)24(22,23)10-12(21)18-9-11(13(14,15)16)19-7-5-17-6-8-19;/h11,17H,3-10H2,1-2H3,(H,18,21);1H. The molecule has 1 aliphatic rings. The van der Waals surface area contributed by atoms with Crippen LogP contribution in [0.3, 0.4) is 0 Å². The maximum atomic E-state index is 13.2. The minimum absolute atomic E-state index is 0. The van der Waals surface area contributed by atoms with E-state index in [9.17, 15) is 26.4 Å². The number of hydrogen-bond acceptors (Lipinski definition) is 5. The molecule has 1 aliphatic heterocycles. The Morgan fingerprint density at radius 1 is 1.24 bits per heavy atom. The maximum absolute atomic E-state index is 13.2. The summed E-state index contributed by atoms with van der Waals surface area (Å²) in [5.74, 6) is -1.77. The van der Waals surface area contributed by atoms with Gasteiger partial charge in [-0.3, -0.25) is 9.69 Å². The summed E-state index contributed by atoms with van der Waals surface area (Å²) in [7, 11) is -3.81. The third-order valence-corrected chi connectivity index (χ3v) is 5.81. The molecule has 1 saturated heterocycles. The van der Waals surface area contributed by atoms with Crippen molar-refractivity contribution in [2.24, 2.45) is 0 Å². The van der Waals surface area contributed by atoms with E-state index in [2.05, 4.69) is 10.6 Å². The Morgan fingerprint density at radius 3 is 2.20 bits per heavy atom. The number of piperazine rings is 1. The first-order valence-corrected chi connectivity index (χ1v) is 9.48. The second-order valence-electron chi connectivity index (χ2n) is 5.49. The van der Waals surface area contributed by atoms with Gasteiger partial charge in [0.15, 0.2) is 0 Å². The Labute approximate surface area is 152 Å². The third kappa shape index (κ3) is 7.65. The number of alkyl halides is 3. The van der Waals surface area contributed by atoms with Crippen LogP contribution in [0.5, 0.6) is 0 Å². The average molecular weight is 411 g/mol. The normalized spacial score (nSPS) is 17.8. The number of amides is 1. The van der Waals surface area contributed by atoms with E-state index in [1.54, 1.807) is 13.8 Å². The van der Waals surface area contributed by atoms with Crippen LogP contribution < -0.4 is 10.6 Å². The zero-order valence-corrected chi connectivity index (χ0v) is 15.9. The third-order valence-electron chi connectivity index (χ3n) is 3.88. The molecule has 1 unspecified atom stereocenters. The molecule has 1 atom stereocenters. The molecule has 0 aromatic rings. The van der Waals surface area contributed by atoms with Crippen LogP contribution in [0.25, 0.3) is 0 Å². The first-order valence-electron chi connectivity index (χ1n) is 7.87. The highest BCUT2D eigenvalue weighted by atomic mass is 35.5. The Hall–Kier alpha value is -0.620. The Kier molecular flexibility index (Phi) is 10.2. The summed E-state index contributed by atoms with van der Waals surface area (Å²) in [6, 6.07) is -1.82. The molecule has 1 heterocycles. The van der Waals surface area contributed by atoms with Crippen LogP contribution in [0.1, 0.15) is 13.8 Å². The summed E-state index contributed by atoms with van der Waals surface area (Å²) in [5.41, 5.74) is 0. The summed E-state index contributed by atoms with van der Waals surface area (Å²) in [5, 5.41) is 5.08. The van der Waals surface area contributed by atoms with Gasteiger partial charge in [-0.2, -0.15) is 13.2 Å². The lowest BCUT2D eigenvalue weighted by Crippen LogP contribution is -2.58. The predicted molar refractivity (Wildman–Crippen MR) is 91.3 cm³/mol. The molecule has 25 heavy (non-hydrogen) atoms. The van der Waals surface area contributed by atoms with E-state index in [1.807, 2.05) is 0 Å². The van der Waals surface area contributed by atoms with E-state index < -0.39 is 40.4 Å². The van der Waals surface area contributed by atoms with E-state index in [4.69, 9.17) is 0 Å². The summed E-state index contributed by atoms with van der Waals surface area (Å²) in [4.78, 5) is 13.0. The molecule has 0 spiro atoms. The molecule has 0 aromatic carbocycles. The van der Waals surface area contributed by atoms with Crippen LogP contribution in [-0.2, 0) is 14.8 Å². The van der Waals surface area contributed by atoms with Crippen LogP contribution in [0, 0.1) is 0 Å². The van der Waals surface area contributed by atoms with E-state index in [0.29, 0.717) is 13.1 Å². The largest absolute Gasteiger partial charge is 0.405 e. The fourth-order valence-electron chi connectivity index (χ4n) is 2.58. The summed E-state index contributed by atoms with van der Waals surface area (Å²) in [6.45, 7) is 4.33. The first kappa shape index (κ1) is 24.4. The smallest absolute Gasteiger partial charge is 0.353 e. The summed E-state index contributed by atoms with van der Waals surface area (Å²) >= 11 is 0. The molecular formula is C13H26ClF3N4O3S. The molecule has 0 bridgehead atoms. The molecule has 0 aromatic heterocycles. The van der Waals surface area contributed by atoms with Crippen LogP contribution in [-0.4, -0.2) is 87.3 Å². The van der Waals surface area contributed by atoms with Gasteiger partial charge in [-0.1, -0.05) is 13.8 Å². The van der Waals surface area contributed by atoms with Crippen LogP contribution in [0.4, 0.5) is 13.2 Å². The maximum Gasteiger partial charge on any atom is 0.405 e. The number of hydrogen-bond donors (Lipinski definition) is 2. The zero-order chi connectivity index (χ0) is 18.4. The molecule has 0 saturated carbocycles. The molecule has 1 fully saturated rings. The van der Waals surface area contributed by atoms with Crippen molar-refractivity contribution in [3.8, 4) is 0 Å². The first-order chi connectivity index (χ1) is 11.1. The van der Waals surface area contributed by atoms with Gasteiger partial charge < -0.3 is 10.6 Å². The van der Waals surface area contributed by atoms with Crippen LogP contribution >= 0.6 is 12.4 Å².